The molecule has 0 saturated carbocycles. The van der Waals surface area contributed by atoms with Crippen molar-refractivity contribution in [2.75, 3.05) is 17.2 Å². The highest BCUT2D eigenvalue weighted by Gasteiger charge is 2.35. The number of pyridine rings is 1. The van der Waals surface area contributed by atoms with Crippen LogP contribution in [0.2, 0.25) is 10.3 Å². The average molecular weight is 448 g/mol. The number of hydrogen-bond donors (Lipinski definition) is 2. The van der Waals surface area contributed by atoms with E-state index in [0.29, 0.717) is 19.4 Å². The van der Waals surface area contributed by atoms with Gasteiger partial charge in [-0.3, -0.25) is 9.59 Å². The van der Waals surface area contributed by atoms with E-state index in [1.807, 2.05) is 0 Å². The summed E-state index contributed by atoms with van der Waals surface area (Å²) in [5.74, 6) is -1.37. The Labute approximate surface area is 173 Å². The van der Waals surface area contributed by atoms with E-state index < -0.39 is 35.3 Å². The number of amides is 2. The lowest BCUT2D eigenvalue weighted by Gasteiger charge is -2.17. The van der Waals surface area contributed by atoms with Gasteiger partial charge in [0.1, 0.15) is 16.4 Å². The number of hydrogen-bond acceptors (Lipinski definition) is 4. The summed E-state index contributed by atoms with van der Waals surface area (Å²) in [6.07, 6.45) is -4.26. The molecule has 2 amide bonds. The molecular weight excluding hydrogens is 434 g/mol. The molecule has 2 N–H and O–H groups in total. The van der Waals surface area contributed by atoms with E-state index in [1.165, 1.54) is 18.2 Å². The fourth-order valence-electron chi connectivity index (χ4n) is 2.76. The minimum atomic E-state index is -4.78. The zero-order chi connectivity index (χ0) is 21.2. The van der Waals surface area contributed by atoms with Gasteiger partial charge in [-0.25, -0.2) is 4.98 Å². The molecule has 1 aromatic carbocycles. The molecular formula is C18H14Cl2F3N3O3. The normalized spacial score (nSPS) is 16.5. The van der Waals surface area contributed by atoms with Crippen molar-refractivity contribution >= 4 is 46.4 Å². The Hall–Kier alpha value is -2.36. The van der Waals surface area contributed by atoms with Gasteiger partial charge in [-0.15, -0.1) is 0 Å². The maximum Gasteiger partial charge on any atom is 0.418 e. The standard InChI is InChI=1S/C18H14Cl2F3N3O3/c19-14-6-9(7-15(20)26-14)16(27)25-12-4-3-10(8-11(12)18(21,22)23)24-17(28)13-2-1-5-29-13/h3-4,6-8,13H,1-2,5H2,(H,24,28)(H,25,27). The Morgan fingerprint density at radius 1 is 1.10 bits per heavy atom. The van der Waals surface area contributed by atoms with E-state index in [-0.39, 0.29) is 21.6 Å². The first kappa shape index (κ1) is 21.4. The zero-order valence-electron chi connectivity index (χ0n) is 14.6. The summed E-state index contributed by atoms with van der Waals surface area (Å²) in [7, 11) is 0. The number of anilines is 2. The first-order valence-corrected chi connectivity index (χ1v) is 9.17. The van der Waals surface area contributed by atoms with Crippen LogP contribution in [0.15, 0.2) is 30.3 Å². The highest BCUT2D eigenvalue weighted by atomic mass is 35.5. The third-order valence-electron chi connectivity index (χ3n) is 4.09. The molecule has 0 spiro atoms. The van der Waals surface area contributed by atoms with Gasteiger partial charge < -0.3 is 15.4 Å². The lowest BCUT2D eigenvalue weighted by Crippen LogP contribution is -2.27. The molecule has 2 aromatic rings. The Morgan fingerprint density at radius 2 is 1.79 bits per heavy atom. The van der Waals surface area contributed by atoms with Gasteiger partial charge in [0.25, 0.3) is 11.8 Å². The van der Waals surface area contributed by atoms with Crippen molar-refractivity contribution in [3.63, 3.8) is 0 Å². The van der Waals surface area contributed by atoms with Crippen LogP contribution >= 0.6 is 23.2 Å². The molecule has 1 aliphatic heterocycles. The molecule has 1 unspecified atom stereocenters. The van der Waals surface area contributed by atoms with Crippen molar-refractivity contribution in [3.05, 3.63) is 51.8 Å². The number of carbonyl (C=O) groups is 2. The summed E-state index contributed by atoms with van der Waals surface area (Å²) in [4.78, 5) is 28.1. The van der Waals surface area contributed by atoms with Crippen LogP contribution in [-0.4, -0.2) is 29.5 Å². The maximum absolute atomic E-state index is 13.5. The molecule has 1 fully saturated rings. The van der Waals surface area contributed by atoms with Gasteiger partial charge in [-0.1, -0.05) is 23.2 Å². The number of aromatic nitrogens is 1. The molecule has 6 nitrogen and oxygen atoms in total. The van der Waals surface area contributed by atoms with E-state index in [2.05, 4.69) is 15.6 Å². The molecule has 2 heterocycles. The van der Waals surface area contributed by atoms with Gasteiger partial charge in [-0.2, -0.15) is 13.2 Å². The number of nitrogens with one attached hydrogen (secondary N) is 2. The number of benzene rings is 1. The summed E-state index contributed by atoms with van der Waals surface area (Å²) in [6.45, 7) is 0.430. The molecule has 0 aliphatic carbocycles. The molecule has 0 bridgehead atoms. The highest BCUT2D eigenvalue weighted by molar-refractivity contribution is 6.33. The van der Waals surface area contributed by atoms with Crippen LogP contribution in [0.1, 0.15) is 28.8 Å². The van der Waals surface area contributed by atoms with Crippen LogP contribution in [0.3, 0.4) is 0 Å². The third-order valence-corrected chi connectivity index (χ3v) is 4.48. The predicted octanol–water partition coefficient (Wildman–Crippen LogP) is 4.78. The number of halogens is 5. The lowest BCUT2D eigenvalue weighted by molar-refractivity contribution is -0.137. The second-order valence-corrected chi connectivity index (χ2v) is 6.98. The van der Waals surface area contributed by atoms with Crippen molar-refractivity contribution in [2.45, 2.75) is 25.1 Å². The predicted molar refractivity (Wildman–Crippen MR) is 101 cm³/mol. The molecule has 1 aromatic heterocycles. The molecule has 11 heteroatoms. The second-order valence-electron chi connectivity index (χ2n) is 6.20. The van der Waals surface area contributed by atoms with Crippen molar-refractivity contribution < 1.29 is 27.5 Å². The number of ether oxygens (including phenoxy) is 1. The Balaban J connectivity index is 1.84. The SMILES string of the molecule is O=C(Nc1ccc(NC(=O)C2CCCO2)cc1C(F)(F)F)c1cc(Cl)nc(Cl)c1. The van der Waals surface area contributed by atoms with E-state index >= 15 is 0 Å². The van der Waals surface area contributed by atoms with Crippen molar-refractivity contribution in [1.29, 1.82) is 0 Å². The summed E-state index contributed by atoms with van der Waals surface area (Å²) in [6, 6.07) is 5.40. The molecule has 3 rings (SSSR count). The smallest absolute Gasteiger partial charge is 0.368 e. The lowest BCUT2D eigenvalue weighted by atomic mass is 10.1. The van der Waals surface area contributed by atoms with Gasteiger partial charge in [0.15, 0.2) is 0 Å². The van der Waals surface area contributed by atoms with E-state index in [4.69, 9.17) is 27.9 Å². The fourth-order valence-corrected chi connectivity index (χ4v) is 3.22. The zero-order valence-corrected chi connectivity index (χ0v) is 16.2. The van der Waals surface area contributed by atoms with Gasteiger partial charge in [0.05, 0.1) is 11.3 Å². The van der Waals surface area contributed by atoms with Gasteiger partial charge in [0.2, 0.25) is 0 Å². The van der Waals surface area contributed by atoms with Crippen LogP contribution in [0.5, 0.6) is 0 Å². The number of rotatable bonds is 4. The molecule has 1 atom stereocenters. The average Bonchev–Trinajstić information content (AvgIpc) is 3.16. The largest absolute Gasteiger partial charge is 0.418 e. The van der Waals surface area contributed by atoms with Crippen LogP contribution < -0.4 is 10.6 Å². The number of nitrogens with zero attached hydrogens (tertiary/aromatic N) is 1. The highest BCUT2D eigenvalue weighted by Crippen LogP contribution is 2.37. The minimum absolute atomic E-state index is 0.0566. The Morgan fingerprint density at radius 3 is 2.38 bits per heavy atom. The molecule has 154 valence electrons. The Bertz CT molecular complexity index is 927. The first-order valence-electron chi connectivity index (χ1n) is 8.41. The monoisotopic (exact) mass is 447 g/mol. The van der Waals surface area contributed by atoms with Crippen LogP contribution in [0, 0.1) is 0 Å². The van der Waals surface area contributed by atoms with Crippen LogP contribution in [0.4, 0.5) is 24.5 Å². The Kier molecular flexibility index (Phi) is 6.30. The van der Waals surface area contributed by atoms with E-state index in [9.17, 15) is 22.8 Å². The summed E-state index contributed by atoms with van der Waals surface area (Å²) >= 11 is 11.4. The van der Waals surface area contributed by atoms with Gasteiger partial charge >= 0.3 is 6.18 Å². The summed E-state index contributed by atoms with van der Waals surface area (Å²) in [5, 5.41) is 4.43. The van der Waals surface area contributed by atoms with Crippen LogP contribution in [0.25, 0.3) is 0 Å². The third kappa shape index (κ3) is 5.37. The van der Waals surface area contributed by atoms with E-state index in [1.54, 1.807) is 0 Å². The topological polar surface area (TPSA) is 80.3 Å². The van der Waals surface area contributed by atoms with E-state index in [0.717, 1.165) is 12.1 Å². The fraction of sp³-hybridized carbons (Fsp3) is 0.278. The van der Waals surface area contributed by atoms with Crippen molar-refractivity contribution in [2.24, 2.45) is 0 Å². The second kappa shape index (κ2) is 8.56. The maximum atomic E-state index is 13.5. The molecule has 1 saturated heterocycles. The summed E-state index contributed by atoms with van der Waals surface area (Å²) < 4.78 is 45.7. The van der Waals surface area contributed by atoms with Gasteiger partial charge in [-0.05, 0) is 43.2 Å². The number of carbonyl (C=O) groups excluding carboxylic acids is 2. The van der Waals surface area contributed by atoms with Gasteiger partial charge in [0, 0.05) is 17.9 Å². The first-order chi connectivity index (χ1) is 13.6. The quantitative estimate of drug-likeness (QED) is 0.661. The minimum Gasteiger partial charge on any atom is -0.368 e. The van der Waals surface area contributed by atoms with Crippen molar-refractivity contribution in [1.82, 2.24) is 4.98 Å². The molecule has 29 heavy (non-hydrogen) atoms. The molecule has 1 aliphatic rings. The van der Waals surface area contributed by atoms with Crippen molar-refractivity contribution in [3.8, 4) is 0 Å². The summed E-state index contributed by atoms with van der Waals surface area (Å²) in [5.41, 5.74) is -1.73. The molecule has 0 radical (unpaired) electrons. The van der Waals surface area contributed by atoms with Crippen LogP contribution in [-0.2, 0) is 15.7 Å². The number of alkyl halides is 3.